The molecule has 0 aliphatic carbocycles. The Morgan fingerprint density at radius 1 is 1.33 bits per heavy atom. The summed E-state index contributed by atoms with van der Waals surface area (Å²) in [4.78, 5) is 0. The highest BCUT2D eigenvalue weighted by atomic mass is 79.9. The predicted molar refractivity (Wildman–Crippen MR) is 58.4 cm³/mol. The highest BCUT2D eigenvalue weighted by molar-refractivity contribution is 9.10. The van der Waals surface area contributed by atoms with Gasteiger partial charge in [-0.05, 0) is 28.1 Å². The zero-order chi connectivity index (χ0) is 10.8. The minimum Gasteiger partial charge on any atom is -0.271 e. The van der Waals surface area contributed by atoms with Crippen LogP contribution in [0.4, 0.5) is 4.39 Å². The van der Waals surface area contributed by atoms with Crippen LogP contribution in [-0.2, 0) is 6.42 Å². The summed E-state index contributed by atoms with van der Waals surface area (Å²) in [7, 11) is 0. The van der Waals surface area contributed by atoms with Gasteiger partial charge >= 0.3 is 0 Å². The Morgan fingerprint density at radius 2 is 2.07 bits per heavy atom. The number of benzene rings is 1. The van der Waals surface area contributed by atoms with Gasteiger partial charge in [-0.15, -0.1) is 10.2 Å². The van der Waals surface area contributed by atoms with Crippen molar-refractivity contribution in [2.75, 3.05) is 0 Å². The first-order valence-electron chi connectivity index (χ1n) is 4.58. The Kier molecular flexibility index (Phi) is 2.81. The fourth-order valence-corrected chi connectivity index (χ4v) is 1.87. The largest absolute Gasteiger partial charge is 0.271 e. The lowest BCUT2D eigenvalue weighted by Gasteiger charge is -2.07. The van der Waals surface area contributed by atoms with Crippen LogP contribution in [0.15, 0.2) is 29.0 Å². The second kappa shape index (κ2) is 4.10. The first kappa shape index (κ1) is 10.3. The average Bonchev–Trinajstić information content (AvgIpc) is 2.60. The van der Waals surface area contributed by atoms with E-state index in [1.807, 2.05) is 6.92 Å². The van der Waals surface area contributed by atoms with E-state index in [-0.39, 0.29) is 5.82 Å². The molecule has 1 aromatic carbocycles. The number of aromatic nitrogens is 3. The molecule has 3 nitrogen and oxygen atoms in total. The third-order valence-corrected chi connectivity index (χ3v) is 2.61. The number of nitrogens with zero attached hydrogens (tertiary/aromatic N) is 3. The van der Waals surface area contributed by atoms with Gasteiger partial charge in [-0.25, -0.2) is 4.39 Å². The number of halogens is 2. The maximum absolute atomic E-state index is 13.6. The van der Waals surface area contributed by atoms with Crippen molar-refractivity contribution >= 4 is 15.9 Å². The summed E-state index contributed by atoms with van der Waals surface area (Å²) >= 11 is 3.25. The Balaban J connectivity index is 2.63. The molecule has 15 heavy (non-hydrogen) atoms. The standard InChI is InChI=1S/C10H9BrFN3/c1-2-9-13-14-10(11)15(9)8-6-4-3-5-7(8)12/h3-6H,2H2,1H3. The third-order valence-electron chi connectivity index (χ3n) is 2.10. The fourth-order valence-electron chi connectivity index (χ4n) is 1.40. The van der Waals surface area contributed by atoms with Crippen molar-refractivity contribution in [2.45, 2.75) is 13.3 Å². The molecule has 0 atom stereocenters. The maximum Gasteiger partial charge on any atom is 0.204 e. The highest BCUT2D eigenvalue weighted by Crippen LogP contribution is 2.20. The quantitative estimate of drug-likeness (QED) is 0.840. The second-order valence-corrected chi connectivity index (χ2v) is 3.73. The zero-order valence-electron chi connectivity index (χ0n) is 8.11. The Hall–Kier alpha value is -1.23. The van der Waals surface area contributed by atoms with Crippen LogP contribution in [0.3, 0.4) is 0 Å². The normalized spacial score (nSPS) is 10.6. The number of aryl methyl sites for hydroxylation is 1. The van der Waals surface area contributed by atoms with Crippen molar-refractivity contribution < 1.29 is 4.39 Å². The van der Waals surface area contributed by atoms with Crippen molar-refractivity contribution in [3.63, 3.8) is 0 Å². The predicted octanol–water partition coefficient (Wildman–Crippen LogP) is 2.73. The topological polar surface area (TPSA) is 30.7 Å². The monoisotopic (exact) mass is 269 g/mol. The summed E-state index contributed by atoms with van der Waals surface area (Å²) < 4.78 is 15.7. The van der Waals surface area contributed by atoms with E-state index >= 15 is 0 Å². The van der Waals surface area contributed by atoms with Crippen LogP contribution in [0.25, 0.3) is 5.69 Å². The first-order chi connectivity index (χ1) is 7.24. The Bertz CT molecular complexity index is 481. The van der Waals surface area contributed by atoms with Gasteiger partial charge in [0.15, 0.2) is 0 Å². The number of hydrogen-bond donors (Lipinski definition) is 0. The first-order valence-corrected chi connectivity index (χ1v) is 5.38. The Morgan fingerprint density at radius 3 is 2.73 bits per heavy atom. The number of para-hydroxylation sites is 1. The van der Waals surface area contributed by atoms with Crippen molar-refractivity contribution in [1.29, 1.82) is 0 Å². The molecule has 2 aromatic rings. The molecule has 78 valence electrons. The molecule has 0 radical (unpaired) electrons. The lowest BCUT2D eigenvalue weighted by Crippen LogP contribution is -2.02. The average molecular weight is 270 g/mol. The minimum atomic E-state index is -0.285. The van der Waals surface area contributed by atoms with Crippen molar-refractivity contribution in [3.05, 3.63) is 40.6 Å². The molecule has 0 aliphatic heterocycles. The van der Waals surface area contributed by atoms with E-state index in [0.29, 0.717) is 16.8 Å². The van der Waals surface area contributed by atoms with Gasteiger partial charge in [0.05, 0.1) is 5.69 Å². The van der Waals surface area contributed by atoms with E-state index in [1.54, 1.807) is 22.8 Å². The molecule has 0 fully saturated rings. The summed E-state index contributed by atoms with van der Waals surface area (Å²) in [6.07, 6.45) is 0.701. The van der Waals surface area contributed by atoms with Gasteiger partial charge in [-0.2, -0.15) is 0 Å². The van der Waals surface area contributed by atoms with Crippen LogP contribution in [-0.4, -0.2) is 14.8 Å². The summed E-state index contributed by atoms with van der Waals surface area (Å²) in [6.45, 7) is 1.95. The summed E-state index contributed by atoms with van der Waals surface area (Å²) in [5.41, 5.74) is 0.464. The van der Waals surface area contributed by atoms with Gasteiger partial charge < -0.3 is 0 Å². The number of rotatable bonds is 2. The molecule has 0 amide bonds. The molecule has 5 heteroatoms. The fraction of sp³-hybridized carbons (Fsp3) is 0.200. The molecule has 0 bridgehead atoms. The van der Waals surface area contributed by atoms with Crippen LogP contribution in [0.1, 0.15) is 12.7 Å². The van der Waals surface area contributed by atoms with Gasteiger partial charge in [-0.3, -0.25) is 4.57 Å². The second-order valence-electron chi connectivity index (χ2n) is 3.03. The Labute approximate surface area is 95.1 Å². The van der Waals surface area contributed by atoms with Gasteiger partial charge in [0.2, 0.25) is 4.73 Å². The van der Waals surface area contributed by atoms with Crippen molar-refractivity contribution in [3.8, 4) is 5.69 Å². The van der Waals surface area contributed by atoms with Crippen molar-refractivity contribution in [2.24, 2.45) is 0 Å². The molecule has 2 rings (SSSR count). The molecular formula is C10H9BrFN3. The van der Waals surface area contributed by atoms with Crippen LogP contribution >= 0.6 is 15.9 Å². The van der Waals surface area contributed by atoms with Gasteiger partial charge in [0, 0.05) is 6.42 Å². The third kappa shape index (κ3) is 1.79. The van der Waals surface area contributed by atoms with E-state index in [1.165, 1.54) is 6.07 Å². The van der Waals surface area contributed by atoms with Crippen LogP contribution in [0.2, 0.25) is 0 Å². The SMILES string of the molecule is CCc1nnc(Br)n1-c1ccccc1F. The minimum absolute atomic E-state index is 0.285. The summed E-state index contributed by atoms with van der Waals surface area (Å²) in [6, 6.07) is 6.55. The molecule has 0 unspecified atom stereocenters. The van der Waals surface area contributed by atoms with E-state index in [4.69, 9.17) is 0 Å². The smallest absolute Gasteiger partial charge is 0.204 e. The number of hydrogen-bond acceptors (Lipinski definition) is 2. The van der Waals surface area contributed by atoms with Crippen LogP contribution < -0.4 is 0 Å². The lowest BCUT2D eigenvalue weighted by molar-refractivity contribution is 0.614. The van der Waals surface area contributed by atoms with Gasteiger partial charge in [0.25, 0.3) is 0 Å². The summed E-state index contributed by atoms with van der Waals surface area (Å²) in [5.74, 6) is 0.444. The molecule has 0 N–H and O–H groups in total. The molecule has 0 saturated heterocycles. The van der Waals surface area contributed by atoms with Crippen molar-refractivity contribution in [1.82, 2.24) is 14.8 Å². The molecule has 0 saturated carbocycles. The molecule has 0 spiro atoms. The van der Waals surface area contributed by atoms with E-state index in [9.17, 15) is 4.39 Å². The summed E-state index contributed by atoms with van der Waals surface area (Å²) in [5, 5.41) is 7.82. The van der Waals surface area contributed by atoms with E-state index in [2.05, 4.69) is 26.1 Å². The van der Waals surface area contributed by atoms with Crippen LogP contribution in [0, 0.1) is 5.82 Å². The molecular weight excluding hydrogens is 261 g/mol. The van der Waals surface area contributed by atoms with Gasteiger partial charge in [0.1, 0.15) is 11.6 Å². The van der Waals surface area contributed by atoms with Crippen LogP contribution in [0.5, 0.6) is 0 Å². The maximum atomic E-state index is 13.6. The molecule has 0 aliphatic rings. The van der Waals surface area contributed by atoms with E-state index < -0.39 is 0 Å². The van der Waals surface area contributed by atoms with Gasteiger partial charge in [-0.1, -0.05) is 19.1 Å². The van der Waals surface area contributed by atoms with E-state index in [0.717, 1.165) is 5.82 Å². The molecule has 1 aromatic heterocycles. The lowest BCUT2D eigenvalue weighted by atomic mass is 10.3. The molecule has 1 heterocycles. The zero-order valence-corrected chi connectivity index (χ0v) is 9.70. The highest BCUT2D eigenvalue weighted by Gasteiger charge is 2.12.